The van der Waals surface area contributed by atoms with E-state index >= 15 is 0 Å². The lowest BCUT2D eigenvalue weighted by atomic mass is 10.5. The maximum Gasteiger partial charge on any atom is 0.143 e. The van der Waals surface area contributed by atoms with Crippen LogP contribution in [-0.2, 0) is 12.9 Å². The maximum atomic E-state index is 5.68. The highest BCUT2D eigenvalue weighted by molar-refractivity contribution is 7.15. The van der Waals surface area contributed by atoms with Crippen LogP contribution in [0.15, 0.2) is 18.7 Å². The average molecular weight is 214 g/mol. The van der Waals surface area contributed by atoms with Gasteiger partial charge in [-0.05, 0) is 0 Å². The van der Waals surface area contributed by atoms with Crippen molar-refractivity contribution in [2.24, 2.45) is 7.05 Å². The van der Waals surface area contributed by atoms with E-state index in [9.17, 15) is 0 Å². The van der Waals surface area contributed by atoms with Crippen LogP contribution in [0.4, 0.5) is 0 Å². The smallest absolute Gasteiger partial charge is 0.143 e. The third kappa shape index (κ3) is 1.73. The Morgan fingerprint density at radius 1 is 1.54 bits per heavy atom. The molecule has 0 radical (unpaired) electrons. The molecule has 5 heteroatoms. The molecule has 68 valence electrons. The van der Waals surface area contributed by atoms with Crippen molar-refractivity contribution in [2.75, 3.05) is 0 Å². The number of aryl methyl sites for hydroxylation is 1. The first-order valence-corrected chi connectivity index (χ1v) is 5.13. The van der Waals surface area contributed by atoms with E-state index in [4.69, 9.17) is 11.6 Å². The molecule has 0 saturated heterocycles. The molecule has 3 nitrogen and oxygen atoms in total. The number of hydrogen-bond acceptors (Lipinski definition) is 3. The zero-order chi connectivity index (χ0) is 9.26. The van der Waals surface area contributed by atoms with Gasteiger partial charge in [-0.2, -0.15) is 0 Å². The Labute approximate surface area is 85.0 Å². The van der Waals surface area contributed by atoms with Gasteiger partial charge in [0.15, 0.2) is 0 Å². The van der Waals surface area contributed by atoms with Crippen LogP contribution in [0, 0.1) is 0 Å². The highest BCUT2D eigenvalue weighted by atomic mass is 35.5. The van der Waals surface area contributed by atoms with E-state index in [1.165, 1.54) is 0 Å². The fourth-order valence-electron chi connectivity index (χ4n) is 1.01. The van der Waals surface area contributed by atoms with Crippen molar-refractivity contribution in [1.82, 2.24) is 14.5 Å². The lowest BCUT2D eigenvalue weighted by molar-refractivity contribution is 0.913. The van der Waals surface area contributed by atoms with Gasteiger partial charge >= 0.3 is 0 Å². The Balaban J connectivity index is 2.35. The van der Waals surface area contributed by atoms with Gasteiger partial charge in [-0.3, -0.25) is 0 Å². The zero-order valence-electron chi connectivity index (χ0n) is 7.07. The number of nitrogens with zero attached hydrogens (tertiary/aromatic N) is 3. The molecule has 0 fully saturated rings. The second-order valence-corrected chi connectivity index (χ2v) is 4.07. The molecule has 0 aliphatic carbocycles. The second kappa shape index (κ2) is 3.47. The molecule has 2 rings (SSSR count). The van der Waals surface area contributed by atoms with Crippen molar-refractivity contribution in [3.63, 3.8) is 0 Å². The van der Waals surface area contributed by atoms with Crippen LogP contribution in [-0.4, -0.2) is 14.5 Å². The molecule has 2 aromatic rings. The summed E-state index contributed by atoms with van der Waals surface area (Å²) in [4.78, 5) is 9.50. The SMILES string of the molecule is Cn1cnc(-c2ncc(CCl)s2)c1. The molecule has 0 N–H and O–H groups in total. The quantitative estimate of drug-likeness (QED) is 0.717. The van der Waals surface area contributed by atoms with Gasteiger partial charge in [-0.15, -0.1) is 22.9 Å². The summed E-state index contributed by atoms with van der Waals surface area (Å²) >= 11 is 7.26. The van der Waals surface area contributed by atoms with Gasteiger partial charge in [0.1, 0.15) is 10.7 Å². The largest absolute Gasteiger partial charge is 0.340 e. The summed E-state index contributed by atoms with van der Waals surface area (Å²) in [5.41, 5.74) is 0.906. The first-order valence-electron chi connectivity index (χ1n) is 3.78. The molecular formula is C8H8ClN3S. The average Bonchev–Trinajstić information content (AvgIpc) is 2.71. The van der Waals surface area contributed by atoms with Crippen LogP contribution in [0.1, 0.15) is 4.88 Å². The predicted octanol–water partition coefficient (Wildman–Crippen LogP) is 2.28. The van der Waals surface area contributed by atoms with Crippen molar-refractivity contribution >= 4 is 22.9 Å². The molecular weight excluding hydrogens is 206 g/mol. The van der Waals surface area contributed by atoms with Crippen LogP contribution >= 0.6 is 22.9 Å². The zero-order valence-corrected chi connectivity index (χ0v) is 8.64. The first-order chi connectivity index (χ1) is 6.29. The monoisotopic (exact) mass is 213 g/mol. The number of hydrogen-bond donors (Lipinski definition) is 0. The van der Waals surface area contributed by atoms with Gasteiger partial charge < -0.3 is 4.57 Å². The Hall–Kier alpha value is -0.870. The number of thiazole rings is 1. The third-order valence-electron chi connectivity index (χ3n) is 1.61. The molecule has 0 bridgehead atoms. The van der Waals surface area contributed by atoms with Crippen LogP contribution < -0.4 is 0 Å². The summed E-state index contributed by atoms with van der Waals surface area (Å²) in [7, 11) is 1.94. The Bertz CT molecular complexity index is 407. The molecule has 0 spiro atoms. The minimum absolute atomic E-state index is 0.518. The summed E-state index contributed by atoms with van der Waals surface area (Å²) in [6.07, 6.45) is 5.50. The molecule has 0 aliphatic rings. The Morgan fingerprint density at radius 3 is 2.92 bits per heavy atom. The van der Waals surface area contributed by atoms with Crippen molar-refractivity contribution in [1.29, 1.82) is 0 Å². The van der Waals surface area contributed by atoms with Gasteiger partial charge in [0, 0.05) is 24.3 Å². The van der Waals surface area contributed by atoms with E-state index in [0.29, 0.717) is 5.88 Å². The highest BCUT2D eigenvalue weighted by Crippen LogP contribution is 2.23. The minimum atomic E-state index is 0.518. The highest BCUT2D eigenvalue weighted by Gasteiger charge is 2.05. The van der Waals surface area contributed by atoms with Crippen LogP contribution in [0.3, 0.4) is 0 Å². The van der Waals surface area contributed by atoms with Crippen molar-refractivity contribution < 1.29 is 0 Å². The number of alkyl halides is 1. The van der Waals surface area contributed by atoms with E-state index < -0.39 is 0 Å². The van der Waals surface area contributed by atoms with Crippen molar-refractivity contribution in [3.05, 3.63) is 23.6 Å². The minimum Gasteiger partial charge on any atom is -0.340 e. The van der Waals surface area contributed by atoms with Crippen LogP contribution in [0.25, 0.3) is 10.7 Å². The van der Waals surface area contributed by atoms with E-state index in [2.05, 4.69) is 9.97 Å². The molecule has 2 aromatic heterocycles. The van der Waals surface area contributed by atoms with E-state index in [1.807, 2.05) is 17.8 Å². The topological polar surface area (TPSA) is 30.7 Å². The van der Waals surface area contributed by atoms with E-state index in [-0.39, 0.29) is 0 Å². The van der Waals surface area contributed by atoms with Crippen LogP contribution in [0.2, 0.25) is 0 Å². The standard InChI is InChI=1S/C8H8ClN3S/c1-12-4-7(11-5-12)8-10-3-6(2-9)13-8/h3-5H,2H2,1H3. The summed E-state index contributed by atoms with van der Waals surface area (Å²) in [5, 5.41) is 0.927. The summed E-state index contributed by atoms with van der Waals surface area (Å²) in [6, 6.07) is 0. The number of rotatable bonds is 2. The molecule has 0 amide bonds. The van der Waals surface area contributed by atoms with Gasteiger partial charge in [0.25, 0.3) is 0 Å². The first kappa shape index (κ1) is 8.72. The molecule has 0 saturated carbocycles. The number of halogens is 1. The van der Waals surface area contributed by atoms with Gasteiger partial charge in [0.2, 0.25) is 0 Å². The molecule has 0 aromatic carbocycles. The molecule has 0 aliphatic heterocycles. The normalized spacial score (nSPS) is 10.6. The van der Waals surface area contributed by atoms with Gasteiger partial charge in [-0.25, -0.2) is 9.97 Å². The predicted molar refractivity (Wildman–Crippen MR) is 53.9 cm³/mol. The molecule has 0 unspecified atom stereocenters. The molecule has 13 heavy (non-hydrogen) atoms. The lowest BCUT2D eigenvalue weighted by Gasteiger charge is -1.85. The van der Waals surface area contributed by atoms with Crippen molar-refractivity contribution in [3.8, 4) is 10.7 Å². The third-order valence-corrected chi connectivity index (χ3v) is 3.08. The molecule has 0 atom stereocenters. The Morgan fingerprint density at radius 2 is 2.38 bits per heavy atom. The number of imidazole rings is 1. The summed E-state index contributed by atoms with van der Waals surface area (Å²) < 4.78 is 1.90. The van der Waals surface area contributed by atoms with E-state index in [1.54, 1.807) is 23.9 Å². The fraction of sp³-hybridized carbons (Fsp3) is 0.250. The summed E-state index contributed by atoms with van der Waals surface area (Å²) in [6.45, 7) is 0. The molecule has 2 heterocycles. The van der Waals surface area contributed by atoms with E-state index in [0.717, 1.165) is 15.6 Å². The van der Waals surface area contributed by atoms with Gasteiger partial charge in [0.05, 0.1) is 12.2 Å². The fourth-order valence-corrected chi connectivity index (χ4v) is 1.97. The van der Waals surface area contributed by atoms with Gasteiger partial charge in [-0.1, -0.05) is 0 Å². The second-order valence-electron chi connectivity index (χ2n) is 2.69. The lowest BCUT2D eigenvalue weighted by Crippen LogP contribution is -1.77. The summed E-state index contributed by atoms with van der Waals surface area (Å²) in [5.74, 6) is 0.518. The Kier molecular flexibility index (Phi) is 2.33. The number of aromatic nitrogens is 3. The van der Waals surface area contributed by atoms with Crippen LogP contribution in [0.5, 0.6) is 0 Å². The maximum absolute atomic E-state index is 5.68. The van der Waals surface area contributed by atoms with Crippen molar-refractivity contribution in [2.45, 2.75) is 5.88 Å².